The van der Waals surface area contributed by atoms with E-state index in [2.05, 4.69) is 4.98 Å². The molecule has 0 atom stereocenters. The molecule has 1 aromatic carbocycles. The van der Waals surface area contributed by atoms with Gasteiger partial charge in [0.1, 0.15) is 5.82 Å². The van der Waals surface area contributed by atoms with Crippen LogP contribution in [0.15, 0.2) is 34.9 Å². The second kappa shape index (κ2) is 4.99. The van der Waals surface area contributed by atoms with E-state index in [4.69, 9.17) is 4.42 Å². The number of sulfonamides is 1. The zero-order valence-electron chi connectivity index (χ0n) is 10.6. The zero-order chi connectivity index (χ0) is 14.2. The lowest BCUT2D eigenvalue weighted by Crippen LogP contribution is -2.25. The van der Waals surface area contributed by atoms with Gasteiger partial charge in [-0.3, -0.25) is 0 Å². The van der Waals surface area contributed by atoms with Gasteiger partial charge >= 0.3 is 0 Å². The number of oxazole rings is 1. The first-order valence-electron chi connectivity index (χ1n) is 6.23. The molecule has 0 saturated carbocycles. The molecule has 7 heteroatoms. The summed E-state index contributed by atoms with van der Waals surface area (Å²) in [6.07, 6.45) is 2.10. The highest BCUT2D eigenvalue weighted by Gasteiger charge is 2.29. The van der Waals surface area contributed by atoms with Crippen molar-refractivity contribution in [2.75, 3.05) is 12.3 Å². The molecule has 5 nitrogen and oxygen atoms in total. The monoisotopic (exact) mass is 296 g/mol. The predicted molar refractivity (Wildman–Crippen MR) is 70.7 cm³/mol. The van der Waals surface area contributed by atoms with E-state index in [1.807, 2.05) is 0 Å². The van der Waals surface area contributed by atoms with E-state index >= 15 is 0 Å². The van der Waals surface area contributed by atoms with Crippen molar-refractivity contribution in [2.24, 2.45) is 0 Å². The SMILES string of the molecule is O=S1(=O)CCCN1Cc1ncc(-c2cccc(F)c2)o1. The van der Waals surface area contributed by atoms with Crippen LogP contribution < -0.4 is 0 Å². The third-order valence-electron chi connectivity index (χ3n) is 3.18. The molecule has 0 radical (unpaired) electrons. The normalized spacial score (nSPS) is 18.4. The van der Waals surface area contributed by atoms with E-state index in [0.717, 1.165) is 0 Å². The summed E-state index contributed by atoms with van der Waals surface area (Å²) in [6, 6.07) is 5.98. The summed E-state index contributed by atoms with van der Waals surface area (Å²) in [6.45, 7) is 0.609. The Morgan fingerprint density at radius 2 is 2.25 bits per heavy atom. The minimum atomic E-state index is -3.17. The maximum atomic E-state index is 13.1. The molecule has 1 aliphatic heterocycles. The van der Waals surface area contributed by atoms with Crippen LogP contribution in [-0.4, -0.2) is 30.0 Å². The van der Waals surface area contributed by atoms with E-state index in [-0.39, 0.29) is 18.1 Å². The lowest BCUT2D eigenvalue weighted by Gasteiger charge is -2.10. The molecule has 0 N–H and O–H groups in total. The standard InChI is InChI=1S/C13H13FN2O3S/c14-11-4-1-3-10(7-11)12-8-15-13(19-12)9-16-5-2-6-20(16,17)18/h1,3-4,7-8H,2,5-6,9H2. The van der Waals surface area contributed by atoms with Crippen molar-refractivity contribution in [1.29, 1.82) is 0 Å². The summed E-state index contributed by atoms with van der Waals surface area (Å²) in [7, 11) is -3.17. The van der Waals surface area contributed by atoms with Gasteiger partial charge in [-0.2, -0.15) is 4.31 Å². The average Bonchev–Trinajstić information content (AvgIpc) is 2.98. The van der Waals surface area contributed by atoms with Crippen molar-refractivity contribution in [3.8, 4) is 11.3 Å². The van der Waals surface area contributed by atoms with Gasteiger partial charge in [-0.15, -0.1) is 0 Å². The second-order valence-corrected chi connectivity index (χ2v) is 6.72. The number of nitrogens with zero attached hydrogens (tertiary/aromatic N) is 2. The summed E-state index contributed by atoms with van der Waals surface area (Å²) < 4.78 is 43.4. The number of hydrogen-bond acceptors (Lipinski definition) is 4. The Kier molecular flexibility index (Phi) is 3.31. The average molecular weight is 296 g/mol. The van der Waals surface area contributed by atoms with Gasteiger partial charge in [0, 0.05) is 12.1 Å². The third kappa shape index (κ3) is 2.59. The molecule has 1 aromatic heterocycles. The molecule has 3 rings (SSSR count). The molecule has 2 aromatic rings. The first-order valence-corrected chi connectivity index (χ1v) is 7.84. The van der Waals surface area contributed by atoms with Crippen LogP contribution in [0.1, 0.15) is 12.3 Å². The van der Waals surface area contributed by atoms with Crippen molar-refractivity contribution >= 4 is 10.0 Å². The summed E-state index contributed by atoms with van der Waals surface area (Å²) in [5.74, 6) is 0.554. The molecule has 2 heterocycles. The van der Waals surface area contributed by atoms with Gasteiger partial charge in [0.2, 0.25) is 15.9 Å². The van der Waals surface area contributed by atoms with Crippen LogP contribution in [0.4, 0.5) is 4.39 Å². The van der Waals surface area contributed by atoms with Crippen LogP contribution in [0.2, 0.25) is 0 Å². The maximum absolute atomic E-state index is 13.1. The van der Waals surface area contributed by atoms with Crippen molar-refractivity contribution in [2.45, 2.75) is 13.0 Å². The van der Waals surface area contributed by atoms with Crippen molar-refractivity contribution < 1.29 is 17.2 Å². The van der Waals surface area contributed by atoms with E-state index in [1.54, 1.807) is 12.1 Å². The minimum absolute atomic E-state index is 0.123. The number of aromatic nitrogens is 1. The van der Waals surface area contributed by atoms with Crippen molar-refractivity contribution in [3.05, 3.63) is 42.2 Å². The van der Waals surface area contributed by atoms with Crippen LogP contribution in [0.5, 0.6) is 0 Å². The smallest absolute Gasteiger partial charge is 0.214 e. The maximum Gasteiger partial charge on any atom is 0.214 e. The van der Waals surface area contributed by atoms with Gasteiger partial charge in [0.05, 0.1) is 18.5 Å². The lowest BCUT2D eigenvalue weighted by atomic mass is 10.2. The molecule has 0 amide bonds. The van der Waals surface area contributed by atoms with E-state index in [1.165, 1.54) is 22.6 Å². The fourth-order valence-corrected chi connectivity index (χ4v) is 3.64. The molecule has 1 saturated heterocycles. The molecular weight excluding hydrogens is 283 g/mol. The van der Waals surface area contributed by atoms with E-state index in [0.29, 0.717) is 30.2 Å². The number of benzene rings is 1. The topological polar surface area (TPSA) is 63.4 Å². The highest BCUT2D eigenvalue weighted by atomic mass is 32.2. The molecular formula is C13H13FN2O3S. The quantitative estimate of drug-likeness (QED) is 0.869. The van der Waals surface area contributed by atoms with Gasteiger partial charge in [0.25, 0.3) is 0 Å². The molecule has 0 bridgehead atoms. The van der Waals surface area contributed by atoms with E-state index < -0.39 is 10.0 Å². The summed E-state index contributed by atoms with van der Waals surface area (Å²) in [5, 5.41) is 0. The molecule has 1 fully saturated rings. The van der Waals surface area contributed by atoms with Crippen LogP contribution in [0.25, 0.3) is 11.3 Å². The number of hydrogen-bond donors (Lipinski definition) is 0. The van der Waals surface area contributed by atoms with Crippen molar-refractivity contribution in [1.82, 2.24) is 9.29 Å². The van der Waals surface area contributed by atoms with Crippen LogP contribution in [0, 0.1) is 5.82 Å². The van der Waals surface area contributed by atoms with Gasteiger partial charge in [0.15, 0.2) is 5.76 Å². The lowest BCUT2D eigenvalue weighted by molar-refractivity contribution is 0.379. The number of halogens is 1. The summed E-state index contributed by atoms with van der Waals surface area (Å²) in [4.78, 5) is 4.06. The molecule has 0 aliphatic carbocycles. The van der Waals surface area contributed by atoms with Gasteiger partial charge in [-0.25, -0.2) is 17.8 Å². The van der Waals surface area contributed by atoms with Gasteiger partial charge in [-0.05, 0) is 18.6 Å². The van der Waals surface area contributed by atoms with Crippen LogP contribution in [0.3, 0.4) is 0 Å². The number of rotatable bonds is 3. The van der Waals surface area contributed by atoms with E-state index in [9.17, 15) is 12.8 Å². The minimum Gasteiger partial charge on any atom is -0.439 e. The molecule has 0 unspecified atom stereocenters. The second-order valence-electron chi connectivity index (χ2n) is 4.63. The van der Waals surface area contributed by atoms with Crippen LogP contribution in [-0.2, 0) is 16.6 Å². The molecule has 106 valence electrons. The highest BCUT2D eigenvalue weighted by molar-refractivity contribution is 7.89. The first kappa shape index (κ1) is 13.3. The Bertz CT molecular complexity index is 727. The Balaban J connectivity index is 1.81. The predicted octanol–water partition coefficient (Wildman–Crippen LogP) is 2.02. The molecule has 20 heavy (non-hydrogen) atoms. The Morgan fingerprint density at radius 3 is 2.95 bits per heavy atom. The first-order chi connectivity index (χ1) is 9.54. The third-order valence-corrected chi connectivity index (χ3v) is 5.08. The summed E-state index contributed by atoms with van der Waals surface area (Å²) >= 11 is 0. The largest absolute Gasteiger partial charge is 0.439 e. The Hall–Kier alpha value is -1.73. The Morgan fingerprint density at radius 1 is 1.40 bits per heavy atom. The summed E-state index contributed by atoms with van der Waals surface area (Å²) in [5.41, 5.74) is 0.577. The fraction of sp³-hybridized carbons (Fsp3) is 0.308. The zero-order valence-corrected chi connectivity index (χ0v) is 11.4. The van der Waals surface area contributed by atoms with Crippen molar-refractivity contribution in [3.63, 3.8) is 0 Å². The highest BCUT2D eigenvalue weighted by Crippen LogP contribution is 2.23. The van der Waals surface area contributed by atoms with Gasteiger partial charge in [-0.1, -0.05) is 12.1 Å². The Labute approximate surface area is 116 Å². The van der Waals surface area contributed by atoms with Crippen LogP contribution >= 0.6 is 0 Å². The molecule has 0 spiro atoms. The molecule has 1 aliphatic rings. The van der Waals surface area contributed by atoms with Gasteiger partial charge < -0.3 is 4.42 Å². The fourth-order valence-electron chi connectivity index (χ4n) is 2.18.